The van der Waals surface area contributed by atoms with Gasteiger partial charge in [0, 0.05) is 13.7 Å². The second kappa shape index (κ2) is 5.54. The first-order valence-corrected chi connectivity index (χ1v) is 2.86. The Morgan fingerprint density at radius 2 is 2.33 bits per heavy atom. The Hall–Kier alpha value is -0.590. The highest BCUT2D eigenvalue weighted by atomic mass is 16.7. The fourth-order valence-corrected chi connectivity index (χ4v) is 0.471. The van der Waals surface area contributed by atoms with Crippen molar-refractivity contribution in [3.8, 4) is 6.07 Å². The van der Waals surface area contributed by atoms with Gasteiger partial charge in [0.25, 0.3) is 0 Å². The van der Waals surface area contributed by atoms with Gasteiger partial charge >= 0.3 is 0 Å². The zero-order chi connectivity index (χ0) is 7.11. The average Bonchev–Trinajstić information content (AvgIpc) is 1.88. The van der Waals surface area contributed by atoms with E-state index in [1.807, 2.05) is 13.0 Å². The predicted molar refractivity (Wildman–Crippen MR) is 32.7 cm³/mol. The van der Waals surface area contributed by atoms with E-state index < -0.39 is 0 Å². The summed E-state index contributed by atoms with van der Waals surface area (Å²) in [5.74, 6) is 0. The lowest BCUT2D eigenvalue weighted by Gasteiger charge is -2.09. The Morgan fingerprint density at radius 3 is 2.67 bits per heavy atom. The number of hydrogen-bond acceptors (Lipinski definition) is 3. The van der Waals surface area contributed by atoms with Gasteiger partial charge in [0.05, 0.1) is 12.5 Å². The van der Waals surface area contributed by atoms with Gasteiger partial charge in [-0.1, -0.05) is 0 Å². The summed E-state index contributed by atoms with van der Waals surface area (Å²) in [6.45, 7) is 2.45. The van der Waals surface area contributed by atoms with E-state index in [1.165, 1.54) is 7.11 Å². The second-order valence-electron chi connectivity index (χ2n) is 1.48. The first kappa shape index (κ1) is 8.41. The minimum absolute atomic E-state index is 0.296. The number of ether oxygens (including phenoxy) is 2. The molecule has 0 N–H and O–H groups in total. The summed E-state index contributed by atoms with van der Waals surface area (Å²) in [4.78, 5) is 0. The molecule has 0 rings (SSSR count). The molecule has 0 saturated heterocycles. The summed E-state index contributed by atoms with van der Waals surface area (Å²) < 4.78 is 9.77. The predicted octanol–water partition coefficient (Wildman–Crippen LogP) is 0.909. The van der Waals surface area contributed by atoms with Gasteiger partial charge in [-0.05, 0) is 6.92 Å². The van der Waals surface area contributed by atoms with E-state index >= 15 is 0 Å². The van der Waals surface area contributed by atoms with Crippen LogP contribution in [0.2, 0.25) is 0 Å². The first-order valence-electron chi connectivity index (χ1n) is 2.86. The normalized spacial score (nSPS) is 12.6. The van der Waals surface area contributed by atoms with Crippen LogP contribution in [0.3, 0.4) is 0 Å². The van der Waals surface area contributed by atoms with E-state index in [2.05, 4.69) is 0 Å². The van der Waals surface area contributed by atoms with Crippen molar-refractivity contribution in [2.75, 3.05) is 13.7 Å². The van der Waals surface area contributed by atoms with Gasteiger partial charge in [-0.25, -0.2) is 0 Å². The van der Waals surface area contributed by atoms with Crippen LogP contribution in [0, 0.1) is 11.3 Å². The molecule has 3 heteroatoms. The molecule has 52 valence electrons. The topological polar surface area (TPSA) is 42.2 Å². The molecule has 0 heterocycles. The molecule has 0 unspecified atom stereocenters. The third kappa shape index (κ3) is 3.95. The standard InChI is InChI=1S/C6H11NO2/c1-3-9-6(8-2)4-5-7/h6H,3-4H2,1-2H3/t6-/m0/s1. The van der Waals surface area contributed by atoms with Crippen molar-refractivity contribution in [1.29, 1.82) is 5.26 Å². The maximum absolute atomic E-state index is 8.18. The SMILES string of the molecule is CCO[C@@H](CC#N)OC. The van der Waals surface area contributed by atoms with E-state index in [-0.39, 0.29) is 6.29 Å². The van der Waals surface area contributed by atoms with Crippen LogP contribution >= 0.6 is 0 Å². The molecule has 0 radical (unpaired) electrons. The van der Waals surface area contributed by atoms with Gasteiger partial charge < -0.3 is 9.47 Å². The van der Waals surface area contributed by atoms with Crippen LogP contribution in [-0.4, -0.2) is 20.0 Å². The number of methoxy groups -OCH3 is 1. The molecular formula is C6H11NO2. The fourth-order valence-electron chi connectivity index (χ4n) is 0.471. The molecule has 0 aromatic heterocycles. The summed E-state index contributed by atoms with van der Waals surface area (Å²) in [5, 5.41) is 8.18. The van der Waals surface area contributed by atoms with Crippen molar-refractivity contribution in [1.82, 2.24) is 0 Å². The van der Waals surface area contributed by atoms with Crippen LogP contribution in [0.15, 0.2) is 0 Å². The van der Waals surface area contributed by atoms with E-state index in [0.29, 0.717) is 13.0 Å². The first-order chi connectivity index (χ1) is 4.35. The molecule has 1 atom stereocenters. The average molecular weight is 129 g/mol. The highest BCUT2D eigenvalue weighted by Gasteiger charge is 2.02. The number of rotatable bonds is 4. The highest BCUT2D eigenvalue weighted by molar-refractivity contribution is 4.70. The van der Waals surface area contributed by atoms with Crippen LogP contribution in [0.25, 0.3) is 0 Å². The van der Waals surface area contributed by atoms with Crippen molar-refractivity contribution in [2.24, 2.45) is 0 Å². The minimum Gasteiger partial charge on any atom is -0.355 e. The summed E-state index contributed by atoms with van der Waals surface area (Å²) in [6.07, 6.45) is -0.0513. The van der Waals surface area contributed by atoms with Crippen LogP contribution in [0.4, 0.5) is 0 Å². The van der Waals surface area contributed by atoms with Gasteiger partial charge in [0.2, 0.25) is 0 Å². The van der Waals surface area contributed by atoms with E-state index in [0.717, 1.165) is 0 Å². The Bertz CT molecular complexity index is 97.7. The van der Waals surface area contributed by atoms with Crippen molar-refractivity contribution in [3.05, 3.63) is 0 Å². The number of hydrogen-bond donors (Lipinski definition) is 0. The molecular weight excluding hydrogens is 118 g/mol. The van der Waals surface area contributed by atoms with Crippen LogP contribution in [0.1, 0.15) is 13.3 Å². The largest absolute Gasteiger partial charge is 0.355 e. The molecule has 0 aliphatic heterocycles. The van der Waals surface area contributed by atoms with E-state index in [1.54, 1.807) is 0 Å². The minimum atomic E-state index is -0.347. The molecule has 9 heavy (non-hydrogen) atoms. The Kier molecular flexibility index (Phi) is 5.18. The Labute approximate surface area is 55.2 Å². The third-order valence-electron chi connectivity index (χ3n) is 0.873. The fraction of sp³-hybridized carbons (Fsp3) is 0.833. The van der Waals surface area contributed by atoms with Crippen LogP contribution < -0.4 is 0 Å². The van der Waals surface area contributed by atoms with Gasteiger partial charge in [-0.2, -0.15) is 5.26 Å². The molecule has 0 aromatic carbocycles. The van der Waals surface area contributed by atoms with Gasteiger partial charge in [0.1, 0.15) is 0 Å². The van der Waals surface area contributed by atoms with E-state index in [9.17, 15) is 0 Å². The van der Waals surface area contributed by atoms with Gasteiger partial charge in [-0.3, -0.25) is 0 Å². The quantitative estimate of drug-likeness (QED) is 0.530. The maximum atomic E-state index is 8.18. The number of nitrogens with zero attached hydrogens (tertiary/aromatic N) is 1. The molecule has 0 bridgehead atoms. The molecule has 0 aliphatic carbocycles. The molecule has 0 fully saturated rings. The molecule has 0 aliphatic rings. The van der Waals surface area contributed by atoms with Crippen molar-refractivity contribution < 1.29 is 9.47 Å². The lowest BCUT2D eigenvalue weighted by molar-refractivity contribution is -0.115. The summed E-state index contributed by atoms with van der Waals surface area (Å²) in [5.41, 5.74) is 0. The van der Waals surface area contributed by atoms with Crippen molar-refractivity contribution >= 4 is 0 Å². The van der Waals surface area contributed by atoms with Crippen LogP contribution in [0.5, 0.6) is 0 Å². The zero-order valence-electron chi connectivity index (χ0n) is 5.76. The Balaban J connectivity index is 3.32. The highest BCUT2D eigenvalue weighted by Crippen LogP contribution is 1.96. The van der Waals surface area contributed by atoms with Crippen molar-refractivity contribution in [2.45, 2.75) is 19.6 Å². The second-order valence-corrected chi connectivity index (χ2v) is 1.48. The summed E-state index contributed by atoms with van der Waals surface area (Å²) in [6, 6.07) is 1.95. The monoisotopic (exact) mass is 129 g/mol. The lowest BCUT2D eigenvalue weighted by Crippen LogP contribution is -2.13. The molecule has 3 nitrogen and oxygen atoms in total. The third-order valence-corrected chi connectivity index (χ3v) is 0.873. The Morgan fingerprint density at radius 1 is 1.67 bits per heavy atom. The zero-order valence-corrected chi connectivity index (χ0v) is 5.76. The molecule has 0 spiro atoms. The van der Waals surface area contributed by atoms with Gasteiger partial charge in [0.15, 0.2) is 6.29 Å². The molecule has 0 aromatic rings. The maximum Gasteiger partial charge on any atom is 0.170 e. The van der Waals surface area contributed by atoms with Crippen molar-refractivity contribution in [3.63, 3.8) is 0 Å². The van der Waals surface area contributed by atoms with Crippen LogP contribution in [-0.2, 0) is 9.47 Å². The summed E-state index contributed by atoms with van der Waals surface area (Å²) >= 11 is 0. The lowest BCUT2D eigenvalue weighted by atomic mass is 10.4. The van der Waals surface area contributed by atoms with E-state index in [4.69, 9.17) is 14.7 Å². The molecule has 0 saturated carbocycles. The molecule has 0 amide bonds. The summed E-state index contributed by atoms with van der Waals surface area (Å²) in [7, 11) is 1.53. The number of nitriles is 1. The van der Waals surface area contributed by atoms with Gasteiger partial charge in [-0.15, -0.1) is 0 Å². The smallest absolute Gasteiger partial charge is 0.170 e.